The molecule has 0 aliphatic carbocycles. The van der Waals surface area contributed by atoms with Gasteiger partial charge in [-0.1, -0.05) is 54.6 Å². The molecular formula is C27H24FN3O3S. The van der Waals surface area contributed by atoms with Crippen LogP contribution in [0.3, 0.4) is 0 Å². The van der Waals surface area contributed by atoms with Crippen LogP contribution in [0, 0.1) is 5.82 Å². The molecule has 0 atom stereocenters. The van der Waals surface area contributed by atoms with Crippen LogP contribution in [-0.4, -0.2) is 19.4 Å². The summed E-state index contributed by atoms with van der Waals surface area (Å²) in [6, 6.07) is 23.2. The highest BCUT2D eigenvalue weighted by Gasteiger charge is 2.16. The van der Waals surface area contributed by atoms with Gasteiger partial charge in [0, 0.05) is 24.6 Å². The summed E-state index contributed by atoms with van der Waals surface area (Å²) in [5.74, 6) is -0.627. The van der Waals surface area contributed by atoms with E-state index in [0.29, 0.717) is 23.4 Å². The Labute approximate surface area is 203 Å². The first-order chi connectivity index (χ1) is 16.9. The van der Waals surface area contributed by atoms with Gasteiger partial charge in [0.2, 0.25) is 0 Å². The molecule has 1 aromatic heterocycles. The maximum Gasteiger partial charge on any atom is 0.319 e. The van der Waals surface area contributed by atoms with E-state index in [0.717, 1.165) is 16.7 Å². The highest BCUT2D eigenvalue weighted by Crippen LogP contribution is 2.26. The van der Waals surface area contributed by atoms with Crippen molar-refractivity contribution in [1.29, 1.82) is 0 Å². The van der Waals surface area contributed by atoms with Gasteiger partial charge in [0.25, 0.3) is 0 Å². The van der Waals surface area contributed by atoms with Crippen LogP contribution in [-0.2, 0) is 27.9 Å². The number of nitrogens with one attached hydrogen (secondary N) is 2. The number of rotatable bonds is 8. The molecule has 4 aromatic rings. The number of amides is 2. The standard InChI is InChI=1S/C27H24FN3O3S/c28-24-11-9-22(10-12-24)26-6-2-1-5-23(26)19-35(33,34)18-20-7-13-25(14-8-20)31-27(32)30-17-21-4-3-15-29-16-21/h1-16H,17-19H2,(H2,30,31,32). The SMILES string of the molecule is O=C(NCc1cccnc1)Nc1ccc(CS(=O)(=O)Cc2ccccc2-c2ccc(F)cc2)cc1. The highest BCUT2D eigenvalue weighted by molar-refractivity contribution is 7.89. The van der Waals surface area contributed by atoms with Gasteiger partial charge < -0.3 is 10.6 Å². The first kappa shape index (κ1) is 24.1. The number of benzene rings is 3. The van der Waals surface area contributed by atoms with E-state index in [-0.39, 0.29) is 23.4 Å². The van der Waals surface area contributed by atoms with Crippen LogP contribution in [0.25, 0.3) is 11.1 Å². The van der Waals surface area contributed by atoms with Crippen LogP contribution >= 0.6 is 0 Å². The lowest BCUT2D eigenvalue weighted by atomic mass is 10.0. The molecular weight excluding hydrogens is 465 g/mol. The van der Waals surface area contributed by atoms with Gasteiger partial charge in [-0.2, -0.15) is 0 Å². The number of aromatic nitrogens is 1. The fourth-order valence-corrected chi connectivity index (χ4v) is 5.17. The molecule has 1 heterocycles. The number of anilines is 1. The van der Waals surface area contributed by atoms with Gasteiger partial charge in [-0.3, -0.25) is 4.98 Å². The van der Waals surface area contributed by atoms with Crippen LogP contribution < -0.4 is 10.6 Å². The van der Waals surface area contributed by atoms with Crippen molar-refractivity contribution in [3.05, 3.63) is 120 Å². The molecule has 2 N–H and O–H groups in total. The summed E-state index contributed by atoms with van der Waals surface area (Å²) in [5.41, 5.74) is 4.22. The molecule has 8 heteroatoms. The number of pyridine rings is 1. The Balaban J connectivity index is 1.37. The average Bonchev–Trinajstić information content (AvgIpc) is 2.85. The fraction of sp³-hybridized carbons (Fsp3) is 0.111. The Morgan fingerprint density at radius 2 is 1.57 bits per heavy atom. The van der Waals surface area contributed by atoms with E-state index in [4.69, 9.17) is 0 Å². The molecule has 0 aliphatic heterocycles. The lowest BCUT2D eigenvalue weighted by Crippen LogP contribution is -2.28. The van der Waals surface area contributed by atoms with Gasteiger partial charge >= 0.3 is 6.03 Å². The summed E-state index contributed by atoms with van der Waals surface area (Å²) in [4.78, 5) is 16.1. The second kappa shape index (κ2) is 10.9. The Bertz CT molecular complexity index is 1390. The van der Waals surface area contributed by atoms with Crippen molar-refractivity contribution in [2.45, 2.75) is 18.1 Å². The van der Waals surface area contributed by atoms with Crippen molar-refractivity contribution >= 4 is 21.6 Å². The summed E-state index contributed by atoms with van der Waals surface area (Å²) < 4.78 is 39.2. The Morgan fingerprint density at radius 1 is 0.829 bits per heavy atom. The first-order valence-corrected chi connectivity index (χ1v) is 12.8. The summed E-state index contributed by atoms with van der Waals surface area (Å²) in [7, 11) is -3.48. The summed E-state index contributed by atoms with van der Waals surface area (Å²) in [6.07, 6.45) is 3.34. The van der Waals surface area contributed by atoms with Gasteiger partial charge in [-0.05, 0) is 58.1 Å². The molecule has 0 radical (unpaired) electrons. The maximum atomic E-state index is 13.3. The molecule has 0 saturated heterocycles. The summed E-state index contributed by atoms with van der Waals surface area (Å²) >= 11 is 0. The average molecular weight is 490 g/mol. The number of hydrogen-bond acceptors (Lipinski definition) is 4. The van der Waals surface area contributed by atoms with Crippen LogP contribution in [0.5, 0.6) is 0 Å². The molecule has 0 bridgehead atoms. The Kier molecular flexibility index (Phi) is 7.52. The molecule has 0 saturated carbocycles. The predicted molar refractivity (Wildman–Crippen MR) is 135 cm³/mol. The molecule has 0 spiro atoms. The normalized spacial score (nSPS) is 11.1. The number of carbonyl (C=O) groups excluding carboxylic acids is 1. The second-order valence-electron chi connectivity index (χ2n) is 8.06. The Hall–Kier alpha value is -4.04. The first-order valence-electron chi connectivity index (χ1n) is 10.9. The third-order valence-corrected chi connectivity index (χ3v) is 6.85. The van der Waals surface area contributed by atoms with Crippen molar-refractivity contribution in [3.63, 3.8) is 0 Å². The van der Waals surface area contributed by atoms with Crippen LogP contribution in [0.15, 0.2) is 97.3 Å². The van der Waals surface area contributed by atoms with Gasteiger partial charge in [-0.15, -0.1) is 0 Å². The Morgan fingerprint density at radius 3 is 2.29 bits per heavy atom. The lowest BCUT2D eigenvalue weighted by Gasteiger charge is -2.11. The highest BCUT2D eigenvalue weighted by atomic mass is 32.2. The van der Waals surface area contributed by atoms with Crippen LogP contribution in [0.2, 0.25) is 0 Å². The van der Waals surface area contributed by atoms with Gasteiger partial charge in [0.05, 0.1) is 11.5 Å². The zero-order valence-electron chi connectivity index (χ0n) is 18.8. The molecule has 0 unspecified atom stereocenters. The fourth-order valence-electron chi connectivity index (χ4n) is 3.64. The van der Waals surface area contributed by atoms with E-state index in [9.17, 15) is 17.6 Å². The number of urea groups is 1. The third-order valence-electron chi connectivity index (χ3n) is 5.32. The van der Waals surface area contributed by atoms with Gasteiger partial charge in [-0.25, -0.2) is 17.6 Å². The number of sulfone groups is 1. The molecule has 178 valence electrons. The monoisotopic (exact) mass is 489 g/mol. The van der Waals surface area contributed by atoms with Crippen molar-refractivity contribution < 1.29 is 17.6 Å². The van der Waals surface area contributed by atoms with E-state index in [1.165, 1.54) is 12.1 Å². The second-order valence-corrected chi connectivity index (χ2v) is 10.1. The molecule has 2 amide bonds. The van der Waals surface area contributed by atoms with Crippen molar-refractivity contribution in [3.8, 4) is 11.1 Å². The van der Waals surface area contributed by atoms with E-state index < -0.39 is 9.84 Å². The summed E-state index contributed by atoms with van der Waals surface area (Å²) in [6.45, 7) is 0.343. The molecule has 6 nitrogen and oxygen atoms in total. The quantitative estimate of drug-likeness (QED) is 0.350. The van der Waals surface area contributed by atoms with Crippen molar-refractivity contribution in [2.75, 3.05) is 5.32 Å². The van der Waals surface area contributed by atoms with Gasteiger partial charge in [0.1, 0.15) is 5.82 Å². The lowest BCUT2D eigenvalue weighted by molar-refractivity contribution is 0.251. The van der Waals surface area contributed by atoms with E-state index in [1.54, 1.807) is 67.0 Å². The van der Waals surface area contributed by atoms with E-state index in [2.05, 4.69) is 15.6 Å². The van der Waals surface area contributed by atoms with Crippen LogP contribution in [0.4, 0.5) is 14.9 Å². The maximum absolute atomic E-state index is 13.3. The topological polar surface area (TPSA) is 88.2 Å². The molecule has 4 rings (SSSR count). The molecule has 35 heavy (non-hydrogen) atoms. The van der Waals surface area contributed by atoms with E-state index in [1.807, 2.05) is 18.2 Å². The van der Waals surface area contributed by atoms with Crippen LogP contribution in [0.1, 0.15) is 16.7 Å². The third kappa shape index (κ3) is 6.97. The summed E-state index contributed by atoms with van der Waals surface area (Å²) in [5, 5.41) is 5.47. The molecule has 0 fully saturated rings. The molecule has 3 aromatic carbocycles. The minimum Gasteiger partial charge on any atom is -0.334 e. The minimum absolute atomic E-state index is 0.141. The number of halogens is 1. The van der Waals surface area contributed by atoms with E-state index >= 15 is 0 Å². The predicted octanol–water partition coefficient (Wildman–Crippen LogP) is 5.32. The van der Waals surface area contributed by atoms with Gasteiger partial charge in [0.15, 0.2) is 9.84 Å². The number of hydrogen-bond donors (Lipinski definition) is 2. The minimum atomic E-state index is -3.48. The zero-order valence-corrected chi connectivity index (χ0v) is 19.6. The smallest absolute Gasteiger partial charge is 0.319 e. The number of nitrogens with zero attached hydrogens (tertiary/aromatic N) is 1. The zero-order chi connectivity index (χ0) is 24.7. The largest absolute Gasteiger partial charge is 0.334 e. The number of carbonyl (C=O) groups is 1. The molecule has 0 aliphatic rings. The van der Waals surface area contributed by atoms with Crippen molar-refractivity contribution in [2.24, 2.45) is 0 Å². The van der Waals surface area contributed by atoms with Crippen molar-refractivity contribution in [1.82, 2.24) is 10.3 Å².